The molecule has 1 heterocycles. The fourth-order valence-corrected chi connectivity index (χ4v) is 4.65. The van der Waals surface area contributed by atoms with Crippen molar-refractivity contribution < 1.29 is 13.5 Å². The number of sulfone groups is 1. The van der Waals surface area contributed by atoms with Crippen molar-refractivity contribution in [3.05, 3.63) is 0 Å². The van der Waals surface area contributed by atoms with E-state index in [1.807, 2.05) is 4.90 Å². The van der Waals surface area contributed by atoms with Crippen LogP contribution in [0.1, 0.15) is 46.0 Å². The summed E-state index contributed by atoms with van der Waals surface area (Å²) < 4.78 is 23.4. The molecule has 0 aromatic rings. The van der Waals surface area contributed by atoms with Gasteiger partial charge >= 0.3 is 0 Å². The van der Waals surface area contributed by atoms with Crippen LogP contribution in [0.25, 0.3) is 0 Å². The van der Waals surface area contributed by atoms with Gasteiger partial charge in [-0.25, -0.2) is 8.42 Å². The number of guanidine groups is 1. The van der Waals surface area contributed by atoms with Crippen LogP contribution in [-0.4, -0.2) is 67.2 Å². The Morgan fingerprint density at radius 2 is 1.87 bits per heavy atom. The van der Waals surface area contributed by atoms with Crippen molar-refractivity contribution in [2.75, 3.05) is 32.4 Å². The second-order valence-electron chi connectivity index (χ2n) is 7.19. The molecule has 1 saturated heterocycles. The molecular weight excluding hydrogens is 429 g/mol. The third-order valence-electron chi connectivity index (χ3n) is 4.91. The van der Waals surface area contributed by atoms with Crippen molar-refractivity contribution in [3.63, 3.8) is 0 Å². The molecule has 6 nitrogen and oxygen atoms in total. The Kier molecular flexibility index (Phi) is 7.16. The summed E-state index contributed by atoms with van der Waals surface area (Å²) in [5.41, 5.74) is -0.661. The Balaban J connectivity index is 0.00000264. The Bertz CT molecular complexity index is 528. The highest BCUT2D eigenvalue weighted by atomic mass is 127. The van der Waals surface area contributed by atoms with Gasteiger partial charge < -0.3 is 15.3 Å². The maximum absolute atomic E-state index is 12.1. The van der Waals surface area contributed by atoms with Crippen LogP contribution < -0.4 is 5.32 Å². The standard InChI is InChI=1S/C15H29N3O3S.HI/c1-14(2)12-18(9-10-22(14,20)21)13(16-3)17-11-15(19)7-5-4-6-8-15;/h19H,4-12H2,1-3H3,(H,16,17);1H. The Morgan fingerprint density at radius 3 is 2.39 bits per heavy atom. The molecule has 136 valence electrons. The predicted molar refractivity (Wildman–Crippen MR) is 104 cm³/mol. The topological polar surface area (TPSA) is 82.0 Å². The van der Waals surface area contributed by atoms with Gasteiger partial charge in [0, 0.05) is 26.7 Å². The first-order valence-corrected chi connectivity index (χ1v) is 9.75. The van der Waals surface area contributed by atoms with E-state index < -0.39 is 20.2 Å². The zero-order valence-electron chi connectivity index (χ0n) is 14.3. The second kappa shape index (κ2) is 7.86. The van der Waals surface area contributed by atoms with Gasteiger partial charge in [-0.05, 0) is 26.7 Å². The highest BCUT2D eigenvalue weighted by Crippen LogP contribution is 2.28. The molecule has 0 aromatic heterocycles. The molecule has 8 heteroatoms. The lowest BCUT2D eigenvalue weighted by molar-refractivity contribution is 0.00810. The van der Waals surface area contributed by atoms with Crippen LogP contribution in [0.3, 0.4) is 0 Å². The first-order chi connectivity index (χ1) is 10.2. The molecule has 0 aromatic carbocycles. The summed E-state index contributed by atoms with van der Waals surface area (Å²) in [6.07, 6.45) is 4.94. The van der Waals surface area contributed by atoms with Gasteiger partial charge in [-0.15, -0.1) is 24.0 Å². The summed E-state index contributed by atoms with van der Waals surface area (Å²) in [6, 6.07) is 0. The summed E-state index contributed by atoms with van der Waals surface area (Å²) in [5, 5.41) is 13.8. The third-order valence-corrected chi connectivity index (χ3v) is 7.45. The van der Waals surface area contributed by atoms with E-state index in [0.717, 1.165) is 25.7 Å². The fraction of sp³-hybridized carbons (Fsp3) is 0.933. The Labute approximate surface area is 157 Å². The molecular formula is C15H30IN3O3S. The average molecular weight is 459 g/mol. The van der Waals surface area contributed by atoms with E-state index >= 15 is 0 Å². The maximum Gasteiger partial charge on any atom is 0.193 e. The third kappa shape index (κ3) is 4.94. The molecule has 2 fully saturated rings. The highest BCUT2D eigenvalue weighted by molar-refractivity contribution is 14.0. The first-order valence-electron chi connectivity index (χ1n) is 8.09. The van der Waals surface area contributed by atoms with Gasteiger partial charge in [0.05, 0.1) is 16.1 Å². The summed E-state index contributed by atoms with van der Waals surface area (Å²) in [4.78, 5) is 6.25. The van der Waals surface area contributed by atoms with Gasteiger partial charge in [0.15, 0.2) is 15.8 Å². The molecule has 0 bridgehead atoms. The van der Waals surface area contributed by atoms with Gasteiger partial charge in [0.1, 0.15) is 0 Å². The van der Waals surface area contributed by atoms with Crippen molar-refractivity contribution in [1.82, 2.24) is 10.2 Å². The van der Waals surface area contributed by atoms with E-state index in [9.17, 15) is 13.5 Å². The number of rotatable bonds is 2. The van der Waals surface area contributed by atoms with Crippen molar-refractivity contribution in [2.24, 2.45) is 4.99 Å². The SMILES string of the molecule is CN=C(NCC1(O)CCCCC1)N1CCS(=O)(=O)C(C)(C)C1.I. The zero-order chi connectivity index (χ0) is 16.4. The maximum atomic E-state index is 12.1. The zero-order valence-corrected chi connectivity index (χ0v) is 17.5. The molecule has 0 unspecified atom stereocenters. The molecule has 2 N–H and O–H groups in total. The molecule has 2 aliphatic rings. The molecule has 1 saturated carbocycles. The van der Waals surface area contributed by atoms with Gasteiger partial charge in [0.25, 0.3) is 0 Å². The van der Waals surface area contributed by atoms with Gasteiger partial charge in [-0.2, -0.15) is 0 Å². The van der Waals surface area contributed by atoms with E-state index in [1.165, 1.54) is 6.42 Å². The minimum atomic E-state index is -3.06. The van der Waals surface area contributed by atoms with Crippen LogP contribution in [0.15, 0.2) is 4.99 Å². The van der Waals surface area contributed by atoms with Crippen LogP contribution in [0.5, 0.6) is 0 Å². The van der Waals surface area contributed by atoms with Crippen molar-refractivity contribution in [2.45, 2.75) is 56.3 Å². The molecule has 0 spiro atoms. The smallest absolute Gasteiger partial charge is 0.193 e. The number of nitrogens with one attached hydrogen (secondary N) is 1. The number of aliphatic imine (C=N–C) groups is 1. The average Bonchev–Trinajstić information content (AvgIpc) is 2.44. The number of hydrogen-bond acceptors (Lipinski definition) is 4. The minimum Gasteiger partial charge on any atom is -0.388 e. The van der Waals surface area contributed by atoms with Crippen molar-refractivity contribution in [3.8, 4) is 0 Å². The normalized spacial score (nSPS) is 26.3. The monoisotopic (exact) mass is 459 g/mol. The number of aliphatic hydroxyl groups is 1. The number of hydrogen-bond donors (Lipinski definition) is 2. The highest BCUT2D eigenvalue weighted by Gasteiger charge is 2.41. The fourth-order valence-electron chi connectivity index (χ4n) is 3.29. The van der Waals surface area contributed by atoms with E-state index in [-0.39, 0.29) is 29.7 Å². The summed E-state index contributed by atoms with van der Waals surface area (Å²) in [7, 11) is -1.36. The summed E-state index contributed by atoms with van der Waals surface area (Å²) in [6.45, 7) is 4.87. The van der Waals surface area contributed by atoms with Crippen LogP contribution in [0.4, 0.5) is 0 Å². The van der Waals surface area contributed by atoms with E-state index in [1.54, 1.807) is 20.9 Å². The molecule has 0 atom stereocenters. The largest absolute Gasteiger partial charge is 0.388 e. The molecule has 23 heavy (non-hydrogen) atoms. The molecule has 2 rings (SSSR count). The van der Waals surface area contributed by atoms with E-state index in [2.05, 4.69) is 10.3 Å². The molecule has 1 aliphatic heterocycles. The van der Waals surface area contributed by atoms with Crippen LogP contribution in [-0.2, 0) is 9.84 Å². The molecule has 0 radical (unpaired) electrons. The van der Waals surface area contributed by atoms with Crippen LogP contribution >= 0.6 is 24.0 Å². The first kappa shape index (κ1) is 21.0. The van der Waals surface area contributed by atoms with E-state index in [0.29, 0.717) is 25.6 Å². The Morgan fingerprint density at radius 1 is 1.26 bits per heavy atom. The molecule has 1 aliphatic carbocycles. The van der Waals surface area contributed by atoms with Crippen molar-refractivity contribution >= 4 is 39.8 Å². The van der Waals surface area contributed by atoms with Gasteiger partial charge in [-0.3, -0.25) is 4.99 Å². The van der Waals surface area contributed by atoms with E-state index in [4.69, 9.17) is 0 Å². The quantitative estimate of drug-likeness (QED) is 0.371. The lowest BCUT2D eigenvalue weighted by Crippen LogP contribution is -2.58. The molecule has 0 amide bonds. The number of nitrogens with zero attached hydrogens (tertiary/aromatic N) is 2. The van der Waals surface area contributed by atoms with Gasteiger partial charge in [0.2, 0.25) is 0 Å². The lowest BCUT2D eigenvalue weighted by Gasteiger charge is -2.40. The summed E-state index contributed by atoms with van der Waals surface area (Å²) >= 11 is 0. The number of halogens is 1. The van der Waals surface area contributed by atoms with Crippen LogP contribution in [0, 0.1) is 0 Å². The van der Waals surface area contributed by atoms with Crippen molar-refractivity contribution in [1.29, 1.82) is 0 Å². The second-order valence-corrected chi connectivity index (χ2v) is 9.93. The summed E-state index contributed by atoms with van der Waals surface area (Å²) in [5.74, 6) is 0.826. The predicted octanol–water partition coefficient (Wildman–Crippen LogP) is 1.38. The Hall–Kier alpha value is -0.0900. The van der Waals surface area contributed by atoms with Gasteiger partial charge in [-0.1, -0.05) is 19.3 Å². The van der Waals surface area contributed by atoms with Crippen LogP contribution in [0.2, 0.25) is 0 Å². The lowest BCUT2D eigenvalue weighted by atomic mass is 9.85. The minimum absolute atomic E-state index is 0.